The van der Waals surface area contributed by atoms with Gasteiger partial charge in [-0.1, -0.05) is 6.92 Å². The molecular weight excluding hydrogens is 216 g/mol. The van der Waals surface area contributed by atoms with Gasteiger partial charge >= 0.3 is 5.97 Å². The van der Waals surface area contributed by atoms with E-state index in [1.54, 1.807) is 7.05 Å². The van der Waals surface area contributed by atoms with Gasteiger partial charge in [-0.25, -0.2) is 0 Å². The van der Waals surface area contributed by atoms with Gasteiger partial charge in [0.2, 0.25) is 0 Å². The molecule has 0 amide bonds. The Labute approximate surface area is 106 Å². The summed E-state index contributed by atoms with van der Waals surface area (Å²) in [5.41, 5.74) is -0.615. The van der Waals surface area contributed by atoms with E-state index in [0.717, 1.165) is 13.0 Å². The molecule has 0 radical (unpaired) electrons. The fourth-order valence-corrected chi connectivity index (χ4v) is 2.41. The first-order valence-corrected chi connectivity index (χ1v) is 6.35. The summed E-state index contributed by atoms with van der Waals surface area (Å²) in [6.07, 6.45) is 0.738. The van der Waals surface area contributed by atoms with Gasteiger partial charge in [0.15, 0.2) is 0 Å². The van der Waals surface area contributed by atoms with Gasteiger partial charge in [-0.15, -0.1) is 0 Å². The van der Waals surface area contributed by atoms with E-state index in [9.17, 15) is 4.79 Å². The van der Waals surface area contributed by atoms with Crippen molar-refractivity contribution in [2.24, 2.45) is 0 Å². The summed E-state index contributed by atoms with van der Waals surface area (Å²) in [5, 5.41) is 3.08. The van der Waals surface area contributed by atoms with Crippen molar-refractivity contribution in [3.63, 3.8) is 0 Å². The minimum Gasteiger partial charge on any atom is -0.468 e. The molecule has 0 spiro atoms. The number of ether oxygens (including phenoxy) is 1. The summed E-state index contributed by atoms with van der Waals surface area (Å²) in [6, 6.07) is 0.810. The SMILES string of the molecule is CCN(C(C)C)C(C)CC(C)(NC)C(=O)OC. The Morgan fingerprint density at radius 3 is 2.24 bits per heavy atom. The highest BCUT2D eigenvalue weighted by Crippen LogP contribution is 2.19. The molecular formula is C13H28N2O2. The Hall–Kier alpha value is -0.610. The summed E-state index contributed by atoms with van der Waals surface area (Å²) in [6.45, 7) is 11.5. The van der Waals surface area contributed by atoms with Crippen LogP contribution in [0.15, 0.2) is 0 Å². The predicted octanol–water partition coefficient (Wildman–Crippen LogP) is 1.65. The van der Waals surface area contributed by atoms with Crippen molar-refractivity contribution in [2.75, 3.05) is 20.7 Å². The van der Waals surface area contributed by atoms with Crippen LogP contribution >= 0.6 is 0 Å². The molecule has 102 valence electrons. The molecule has 2 unspecified atom stereocenters. The van der Waals surface area contributed by atoms with E-state index in [0.29, 0.717) is 12.1 Å². The Bertz CT molecular complexity index is 244. The first-order valence-electron chi connectivity index (χ1n) is 6.35. The van der Waals surface area contributed by atoms with Crippen LogP contribution in [-0.4, -0.2) is 49.2 Å². The number of methoxy groups -OCH3 is 1. The van der Waals surface area contributed by atoms with E-state index in [4.69, 9.17) is 4.74 Å². The zero-order valence-corrected chi connectivity index (χ0v) is 12.3. The van der Waals surface area contributed by atoms with E-state index >= 15 is 0 Å². The summed E-state index contributed by atoms with van der Waals surface area (Å²) in [5.74, 6) is -0.202. The molecule has 0 rings (SSSR count). The lowest BCUT2D eigenvalue weighted by Crippen LogP contribution is -2.53. The largest absolute Gasteiger partial charge is 0.468 e. The molecule has 0 bridgehead atoms. The molecule has 0 fully saturated rings. The summed E-state index contributed by atoms with van der Waals surface area (Å²) < 4.78 is 4.86. The third kappa shape index (κ3) is 4.28. The molecule has 4 nitrogen and oxygen atoms in total. The van der Waals surface area contributed by atoms with E-state index < -0.39 is 5.54 Å². The van der Waals surface area contributed by atoms with Gasteiger partial charge in [-0.05, 0) is 47.7 Å². The monoisotopic (exact) mass is 244 g/mol. The first-order chi connectivity index (χ1) is 7.82. The third-order valence-electron chi connectivity index (χ3n) is 3.49. The number of nitrogens with zero attached hydrogens (tertiary/aromatic N) is 1. The van der Waals surface area contributed by atoms with Gasteiger partial charge in [0, 0.05) is 12.1 Å². The molecule has 0 aliphatic carbocycles. The highest BCUT2D eigenvalue weighted by Gasteiger charge is 2.35. The van der Waals surface area contributed by atoms with E-state index in [1.165, 1.54) is 7.11 Å². The zero-order valence-electron chi connectivity index (χ0n) is 12.3. The Morgan fingerprint density at radius 1 is 1.41 bits per heavy atom. The number of carbonyl (C=O) groups is 1. The van der Waals surface area contributed by atoms with Crippen molar-refractivity contribution >= 4 is 5.97 Å². The fourth-order valence-electron chi connectivity index (χ4n) is 2.41. The highest BCUT2D eigenvalue weighted by molar-refractivity contribution is 5.80. The second kappa shape index (κ2) is 6.97. The van der Waals surface area contributed by atoms with Crippen LogP contribution in [-0.2, 0) is 9.53 Å². The molecule has 1 N–H and O–H groups in total. The van der Waals surface area contributed by atoms with Crippen LogP contribution in [0.4, 0.5) is 0 Å². The summed E-state index contributed by atoms with van der Waals surface area (Å²) in [7, 11) is 3.23. The molecule has 0 aliphatic rings. The number of hydrogen-bond acceptors (Lipinski definition) is 4. The molecule has 2 atom stereocenters. The Balaban J connectivity index is 4.72. The molecule has 0 saturated carbocycles. The first kappa shape index (κ1) is 16.4. The number of hydrogen-bond donors (Lipinski definition) is 1. The van der Waals surface area contributed by atoms with Gasteiger partial charge in [-0.2, -0.15) is 0 Å². The van der Waals surface area contributed by atoms with Crippen LogP contribution in [0.1, 0.15) is 41.0 Å². The number of likely N-dealkylation sites (N-methyl/N-ethyl adjacent to an activating group) is 1. The fraction of sp³-hybridized carbons (Fsp3) is 0.923. The van der Waals surface area contributed by atoms with Crippen LogP contribution in [0.25, 0.3) is 0 Å². The van der Waals surface area contributed by atoms with Gasteiger partial charge in [0.25, 0.3) is 0 Å². The van der Waals surface area contributed by atoms with Crippen LogP contribution in [0.3, 0.4) is 0 Å². The minimum absolute atomic E-state index is 0.202. The van der Waals surface area contributed by atoms with E-state index in [2.05, 4.69) is 37.9 Å². The maximum atomic E-state index is 11.8. The van der Waals surface area contributed by atoms with Crippen molar-refractivity contribution in [3.8, 4) is 0 Å². The Kier molecular flexibility index (Phi) is 6.72. The van der Waals surface area contributed by atoms with Crippen molar-refractivity contribution in [1.82, 2.24) is 10.2 Å². The number of esters is 1. The van der Waals surface area contributed by atoms with Gasteiger partial charge in [0.05, 0.1) is 7.11 Å². The van der Waals surface area contributed by atoms with Crippen molar-refractivity contribution in [1.29, 1.82) is 0 Å². The standard InChI is InChI=1S/C13H28N2O2/c1-8-15(10(2)3)11(4)9-13(5,14-6)12(16)17-7/h10-11,14H,8-9H2,1-7H3. The number of nitrogens with one attached hydrogen (secondary N) is 1. The van der Waals surface area contributed by atoms with Gasteiger partial charge in [-0.3, -0.25) is 9.69 Å². The second-order valence-electron chi connectivity index (χ2n) is 5.05. The number of carbonyl (C=O) groups excluding carboxylic acids is 1. The maximum Gasteiger partial charge on any atom is 0.325 e. The van der Waals surface area contributed by atoms with Crippen molar-refractivity contribution in [3.05, 3.63) is 0 Å². The zero-order chi connectivity index (χ0) is 13.6. The van der Waals surface area contributed by atoms with Gasteiger partial charge in [0.1, 0.15) is 5.54 Å². The van der Waals surface area contributed by atoms with E-state index in [-0.39, 0.29) is 5.97 Å². The Morgan fingerprint density at radius 2 is 1.94 bits per heavy atom. The lowest BCUT2D eigenvalue weighted by molar-refractivity contribution is -0.148. The van der Waals surface area contributed by atoms with Crippen LogP contribution in [0.5, 0.6) is 0 Å². The summed E-state index contributed by atoms with van der Waals surface area (Å²) in [4.78, 5) is 14.2. The van der Waals surface area contributed by atoms with Crippen molar-refractivity contribution < 1.29 is 9.53 Å². The second-order valence-corrected chi connectivity index (χ2v) is 5.05. The third-order valence-corrected chi connectivity index (χ3v) is 3.49. The molecule has 0 aliphatic heterocycles. The van der Waals surface area contributed by atoms with Crippen LogP contribution < -0.4 is 5.32 Å². The number of rotatable bonds is 7. The lowest BCUT2D eigenvalue weighted by Gasteiger charge is -2.37. The molecule has 0 saturated heterocycles. The maximum absolute atomic E-state index is 11.8. The molecule has 17 heavy (non-hydrogen) atoms. The average molecular weight is 244 g/mol. The summed E-state index contributed by atoms with van der Waals surface area (Å²) >= 11 is 0. The quantitative estimate of drug-likeness (QED) is 0.691. The molecule has 0 aromatic carbocycles. The minimum atomic E-state index is -0.615. The molecule has 4 heteroatoms. The predicted molar refractivity (Wildman–Crippen MR) is 71.1 cm³/mol. The van der Waals surface area contributed by atoms with E-state index in [1.807, 2.05) is 6.92 Å². The lowest BCUT2D eigenvalue weighted by atomic mass is 9.92. The normalized spacial score (nSPS) is 17.0. The average Bonchev–Trinajstić information content (AvgIpc) is 2.27. The van der Waals surface area contributed by atoms with Crippen molar-refractivity contribution in [2.45, 2.75) is 58.7 Å². The van der Waals surface area contributed by atoms with Gasteiger partial charge < -0.3 is 10.1 Å². The van der Waals surface area contributed by atoms with Crippen LogP contribution in [0.2, 0.25) is 0 Å². The molecule has 0 aromatic heterocycles. The smallest absolute Gasteiger partial charge is 0.325 e. The van der Waals surface area contributed by atoms with Crippen LogP contribution in [0, 0.1) is 0 Å². The molecule has 0 aromatic rings. The highest BCUT2D eigenvalue weighted by atomic mass is 16.5. The topological polar surface area (TPSA) is 41.6 Å². The molecule has 0 heterocycles.